The van der Waals surface area contributed by atoms with Crippen LogP contribution in [0.3, 0.4) is 0 Å². The minimum Gasteiger partial charge on any atom is -0.477 e. The zero-order valence-corrected chi connectivity index (χ0v) is 13.9. The molecule has 0 spiro atoms. The van der Waals surface area contributed by atoms with Gasteiger partial charge in [0.2, 0.25) is 11.0 Å². The van der Waals surface area contributed by atoms with Crippen LogP contribution in [0.15, 0.2) is 6.07 Å². The van der Waals surface area contributed by atoms with Gasteiger partial charge in [0.05, 0.1) is 11.5 Å². The Hall–Kier alpha value is -1.89. The summed E-state index contributed by atoms with van der Waals surface area (Å²) in [6.07, 6.45) is 3.92. The maximum atomic E-state index is 12.5. The van der Waals surface area contributed by atoms with Crippen LogP contribution in [0.5, 0.6) is 5.88 Å². The summed E-state index contributed by atoms with van der Waals surface area (Å²) in [6, 6.07) is 1.20. The van der Waals surface area contributed by atoms with Crippen molar-refractivity contribution in [2.24, 2.45) is 5.92 Å². The van der Waals surface area contributed by atoms with Crippen molar-refractivity contribution in [1.82, 2.24) is 10.3 Å². The van der Waals surface area contributed by atoms with Crippen molar-refractivity contribution in [1.29, 1.82) is 0 Å². The Bertz CT molecular complexity index is 601. The Balaban J connectivity index is 2.23. The molecular formula is C15H20ClN3O4. The van der Waals surface area contributed by atoms with Gasteiger partial charge in [-0.1, -0.05) is 18.5 Å². The lowest BCUT2D eigenvalue weighted by atomic mass is 9.87. The molecule has 0 saturated heterocycles. The highest BCUT2D eigenvalue weighted by atomic mass is 35.5. The van der Waals surface area contributed by atoms with Crippen molar-refractivity contribution in [3.63, 3.8) is 0 Å². The molecule has 0 aromatic carbocycles. The molecule has 8 heteroatoms. The van der Waals surface area contributed by atoms with E-state index in [9.17, 15) is 14.9 Å². The van der Waals surface area contributed by atoms with E-state index in [2.05, 4.69) is 17.2 Å². The van der Waals surface area contributed by atoms with Crippen LogP contribution in [0.4, 0.5) is 5.69 Å². The van der Waals surface area contributed by atoms with Gasteiger partial charge in [-0.25, -0.2) is 0 Å². The lowest BCUT2D eigenvalue weighted by molar-refractivity contribution is -0.385. The first-order chi connectivity index (χ1) is 10.9. The number of nitro groups is 1. The van der Waals surface area contributed by atoms with E-state index in [4.69, 9.17) is 16.3 Å². The van der Waals surface area contributed by atoms with Crippen molar-refractivity contribution < 1.29 is 14.5 Å². The number of rotatable bonds is 5. The van der Waals surface area contributed by atoms with E-state index in [0.29, 0.717) is 5.92 Å². The molecule has 2 rings (SSSR count). The second-order valence-corrected chi connectivity index (χ2v) is 6.13. The van der Waals surface area contributed by atoms with Crippen LogP contribution in [0.1, 0.15) is 49.9 Å². The summed E-state index contributed by atoms with van der Waals surface area (Å²) in [5.41, 5.74) is -0.362. The summed E-state index contributed by atoms with van der Waals surface area (Å²) in [7, 11) is 0. The standard InChI is InChI=1S/C15H20ClN3O4/c1-3-23-15-11(8-12(19(21)22)13(16)18-15)14(20)17-10-6-4-9(2)5-7-10/h8-10H,3-7H2,1-2H3,(H,17,20). The van der Waals surface area contributed by atoms with Crippen LogP contribution in [0, 0.1) is 16.0 Å². The first-order valence-electron chi connectivity index (χ1n) is 7.71. The Morgan fingerprint density at radius 1 is 1.48 bits per heavy atom. The largest absolute Gasteiger partial charge is 0.477 e. The maximum Gasteiger partial charge on any atom is 0.307 e. The van der Waals surface area contributed by atoms with Gasteiger partial charge in [0, 0.05) is 12.1 Å². The van der Waals surface area contributed by atoms with E-state index in [-0.39, 0.29) is 29.2 Å². The number of hydrogen-bond acceptors (Lipinski definition) is 5. The molecule has 126 valence electrons. The van der Waals surface area contributed by atoms with Crippen molar-refractivity contribution in [3.05, 3.63) is 26.9 Å². The first kappa shape index (κ1) is 17.5. The molecule has 0 atom stereocenters. The maximum absolute atomic E-state index is 12.5. The smallest absolute Gasteiger partial charge is 0.307 e. The zero-order valence-electron chi connectivity index (χ0n) is 13.2. The van der Waals surface area contributed by atoms with Gasteiger partial charge in [-0.3, -0.25) is 14.9 Å². The van der Waals surface area contributed by atoms with Crippen molar-refractivity contribution in [3.8, 4) is 5.88 Å². The molecule has 1 aromatic rings. The van der Waals surface area contributed by atoms with E-state index in [1.807, 2.05) is 0 Å². The number of aromatic nitrogens is 1. The molecule has 0 unspecified atom stereocenters. The van der Waals surface area contributed by atoms with Gasteiger partial charge in [0.1, 0.15) is 5.56 Å². The predicted octanol–water partition coefficient (Wildman–Crippen LogP) is 3.35. The highest BCUT2D eigenvalue weighted by Gasteiger charge is 2.26. The van der Waals surface area contributed by atoms with Crippen LogP contribution in [-0.2, 0) is 0 Å². The van der Waals surface area contributed by atoms with E-state index >= 15 is 0 Å². The second-order valence-electron chi connectivity index (χ2n) is 5.77. The fourth-order valence-corrected chi connectivity index (χ4v) is 2.87. The highest BCUT2D eigenvalue weighted by Crippen LogP contribution is 2.30. The topological polar surface area (TPSA) is 94.4 Å². The van der Waals surface area contributed by atoms with Gasteiger partial charge < -0.3 is 10.1 Å². The SMILES string of the molecule is CCOc1nc(Cl)c([N+](=O)[O-])cc1C(=O)NC1CCC(C)CC1. The van der Waals surface area contributed by atoms with Gasteiger partial charge in [0.15, 0.2) is 0 Å². The van der Waals surface area contributed by atoms with E-state index in [0.717, 1.165) is 31.7 Å². The van der Waals surface area contributed by atoms with Crippen LogP contribution in [-0.4, -0.2) is 28.5 Å². The van der Waals surface area contributed by atoms with Crippen LogP contribution in [0.25, 0.3) is 0 Å². The molecule has 1 aliphatic carbocycles. The van der Waals surface area contributed by atoms with Gasteiger partial charge >= 0.3 is 5.69 Å². The summed E-state index contributed by atoms with van der Waals surface area (Å²) >= 11 is 5.78. The average Bonchev–Trinajstić information content (AvgIpc) is 2.49. The molecule has 1 saturated carbocycles. The highest BCUT2D eigenvalue weighted by molar-refractivity contribution is 6.31. The minimum absolute atomic E-state index is 0.0183. The van der Waals surface area contributed by atoms with E-state index < -0.39 is 16.5 Å². The number of pyridine rings is 1. The molecule has 23 heavy (non-hydrogen) atoms. The normalized spacial score (nSPS) is 20.8. The number of amides is 1. The van der Waals surface area contributed by atoms with Gasteiger partial charge in [-0.05, 0) is 38.5 Å². The summed E-state index contributed by atoms with van der Waals surface area (Å²) in [6.45, 7) is 4.21. The number of nitrogens with zero attached hydrogens (tertiary/aromatic N) is 2. The third-order valence-electron chi connectivity index (χ3n) is 4.00. The van der Waals surface area contributed by atoms with Crippen molar-refractivity contribution in [2.75, 3.05) is 6.61 Å². The summed E-state index contributed by atoms with van der Waals surface area (Å²) in [5, 5.41) is 13.6. The second kappa shape index (κ2) is 7.59. The number of halogens is 1. The predicted molar refractivity (Wildman–Crippen MR) is 86.0 cm³/mol. The summed E-state index contributed by atoms with van der Waals surface area (Å²) in [4.78, 5) is 26.7. The third kappa shape index (κ3) is 4.31. The molecular weight excluding hydrogens is 322 g/mol. The lowest BCUT2D eigenvalue weighted by Crippen LogP contribution is -2.37. The Morgan fingerprint density at radius 3 is 2.70 bits per heavy atom. The summed E-state index contributed by atoms with van der Waals surface area (Å²) in [5.74, 6) is 0.269. The Morgan fingerprint density at radius 2 is 2.13 bits per heavy atom. The number of ether oxygens (including phenoxy) is 1. The number of hydrogen-bond donors (Lipinski definition) is 1. The molecule has 0 aliphatic heterocycles. The quantitative estimate of drug-likeness (QED) is 0.503. The Kier molecular flexibility index (Phi) is 5.76. The van der Waals surface area contributed by atoms with Gasteiger partial charge in [-0.15, -0.1) is 0 Å². The summed E-state index contributed by atoms with van der Waals surface area (Å²) < 4.78 is 5.30. The van der Waals surface area contributed by atoms with Crippen molar-refractivity contribution in [2.45, 2.75) is 45.6 Å². The number of nitrogens with one attached hydrogen (secondary N) is 1. The van der Waals surface area contributed by atoms with Crippen LogP contribution >= 0.6 is 11.6 Å². The zero-order chi connectivity index (χ0) is 17.0. The van der Waals surface area contributed by atoms with E-state index in [1.165, 1.54) is 0 Å². The molecule has 0 bridgehead atoms. The van der Waals surface area contributed by atoms with Crippen molar-refractivity contribution >= 4 is 23.2 Å². The van der Waals surface area contributed by atoms with E-state index in [1.54, 1.807) is 6.92 Å². The fourth-order valence-electron chi connectivity index (χ4n) is 2.67. The lowest BCUT2D eigenvalue weighted by Gasteiger charge is -2.27. The Labute approximate surface area is 139 Å². The third-order valence-corrected chi connectivity index (χ3v) is 4.27. The number of carbonyl (C=O) groups is 1. The monoisotopic (exact) mass is 341 g/mol. The molecule has 1 amide bonds. The molecule has 1 aliphatic rings. The molecule has 1 heterocycles. The minimum atomic E-state index is -0.663. The molecule has 1 N–H and O–H groups in total. The first-order valence-corrected chi connectivity index (χ1v) is 8.08. The molecule has 7 nitrogen and oxygen atoms in total. The average molecular weight is 342 g/mol. The molecule has 0 radical (unpaired) electrons. The van der Waals surface area contributed by atoms with Crippen LogP contribution in [0.2, 0.25) is 5.15 Å². The number of carbonyl (C=O) groups excluding carboxylic acids is 1. The van der Waals surface area contributed by atoms with Gasteiger partial charge in [-0.2, -0.15) is 4.98 Å². The van der Waals surface area contributed by atoms with Gasteiger partial charge in [0.25, 0.3) is 5.91 Å². The molecule has 1 aromatic heterocycles. The fraction of sp³-hybridized carbons (Fsp3) is 0.600. The van der Waals surface area contributed by atoms with Crippen LogP contribution < -0.4 is 10.1 Å². The molecule has 1 fully saturated rings.